The lowest BCUT2D eigenvalue weighted by molar-refractivity contribution is 0.306. The largest absolute Gasteiger partial charge is 0.489 e. The van der Waals surface area contributed by atoms with Crippen molar-refractivity contribution in [2.75, 3.05) is 0 Å². The number of ether oxygens (including phenoxy) is 1. The molecule has 34 heavy (non-hydrogen) atoms. The lowest BCUT2D eigenvalue weighted by atomic mass is 10.1. The zero-order chi connectivity index (χ0) is 22.7. The zero-order valence-electron chi connectivity index (χ0n) is 18.2. The van der Waals surface area contributed by atoms with E-state index in [1.54, 1.807) is 16.9 Å². The fraction of sp³-hybridized carbons (Fsp3) is 0.0741. The quantitative estimate of drug-likeness (QED) is 0.363. The highest BCUT2D eigenvalue weighted by atomic mass is 16.5. The Morgan fingerprint density at radius 3 is 2.53 bits per heavy atom. The van der Waals surface area contributed by atoms with Gasteiger partial charge in [0.2, 0.25) is 0 Å². The van der Waals surface area contributed by atoms with Crippen LogP contribution in [-0.2, 0) is 13.0 Å². The van der Waals surface area contributed by atoms with Crippen molar-refractivity contribution >= 4 is 16.7 Å². The van der Waals surface area contributed by atoms with Gasteiger partial charge in [-0.3, -0.25) is 4.98 Å². The van der Waals surface area contributed by atoms with E-state index in [0.29, 0.717) is 18.8 Å². The van der Waals surface area contributed by atoms with Crippen molar-refractivity contribution in [3.63, 3.8) is 0 Å². The average molecular weight is 444 g/mol. The van der Waals surface area contributed by atoms with Crippen LogP contribution in [0.4, 0.5) is 0 Å². The number of rotatable bonds is 6. The van der Waals surface area contributed by atoms with Gasteiger partial charge in [-0.25, -0.2) is 4.98 Å². The van der Waals surface area contributed by atoms with E-state index < -0.39 is 0 Å². The first kappa shape index (κ1) is 20.0. The molecular weight excluding hydrogens is 424 g/mol. The van der Waals surface area contributed by atoms with Crippen LogP contribution in [0.2, 0.25) is 0 Å². The Kier molecular flexibility index (Phi) is 5.12. The summed E-state index contributed by atoms with van der Waals surface area (Å²) in [5.74, 6) is 2.01. The number of pyridine rings is 1. The van der Waals surface area contributed by atoms with Crippen LogP contribution in [0.3, 0.4) is 0 Å². The third-order valence-electron chi connectivity index (χ3n) is 5.63. The molecule has 7 nitrogen and oxygen atoms in total. The normalized spacial score (nSPS) is 11.2. The Bertz CT molecular complexity index is 1580. The summed E-state index contributed by atoms with van der Waals surface area (Å²) in [5, 5.41) is 14.4. The molecular formula is C27H20N6O. The van der Waals surface area contributed by atoms with Gasteiger partial charge < -0.3 is 4.74 Å². The molecule has 3 aromatic heterocycles. The van der Waals surface area contributed by atoms with E-state index in [4.69, 9.17) is 9.84 Å². The second kappa shape index (κ2) is 8.71. The van der Waals surface area contributed by atoms with Gasteiger partial charge in [0.05, 0.1) is 11.7 Å². The fourth-order valence-electron chi connectivity index (χ4n) is 3.86. The van der Waals surface area contributed by atoms with Crippen LogP contribution < -0.4 is 4.74 Å². The first-order valence-electron chi connectivity index (χ1n) is 11.0. The number of benzene rings is 3. The van der Waals surface area contributed by atoms with Crippen molar-refractivity contribution in [1.29, 1.82) is 0 Å². The van der Waals surface area contributed by atoms with Gasteiger partial charge in [-0.2, -0.15) is 9.61 Å². The molecule has 7 heteroatoms. The molecule has 6 rings (SSSR count). The molecule has 0 amide bonds. The van der Waals surface area contributed by atoms with Gasteiger partial charge in [-0.15, -0.1) is 10.2 Å². The molecule has 0 aliphatic rings. The molecule has 164 valence electrons. The van der Waals surface area contributed by atoms with Gasteiger partial charge in [-0.1, -0.05) is 42.5 Å². The maximum atomic E-state index is 5.89. The Balaban J connectivity index is 1.23. The molecule has 0 radical (unpaired) electrons. The lowest BCUT2D eigenvalue weighted by Crippen LogP contribution is -2.03. The molecule has 0 spiro atoms. The number of nitrogens with zero attached hydrogens (tertiary/aromatic N) is 6. The van der Waals surface area contributed by atoms with Crippen LogP contribution in [0.15, 0.2) is 97.3 Å². The standard InChI is InChI=1S/C27H20N6O/c1-2-5-19(6-3-1)18-34-23-11-9-21(10-12-23)25-17-29-27-31-30-26(33(27)32-25)16-20-8-13-24-22(15-20)7-4-14-28-24/h1-15,17H,16,18H2. The molecule has 0 saturated heterocycles. The Morgan fingerprint density at radius 2 is 1.65 bits per heavy atom. The average Bonchev–Trinajstić information content (AvgIpc) is 3.30. The molecule has 0 bridgehead atoms. The van der Waals surface area contributed by atoms with Crippen molar-refractivity contribution in [2.45, 2.75) is 13.0 Å². The molecule has 0 N–H and O–H groups in total. The second-order valence-electron chi connectivity index (χ2n) is 7.98. The topological polar surface area (TPSA) is 78.1 Å². The van der Waals surface area contributed by atoms with Crippen molar-refractivity contribution in [1.82, 2.24) is 29.8 Å². The molecule has 0 aliphatic carbocycles. The van der Waals surface area contributed by atoms with Gasteiger partial charge in [0.15, 0.2) is 5.82 Å². The monoisotopic (exact) mass is 444 g/mol. The van der Waals surface area contributed by atoms with Crippen molar-refractivity contribution in [3.8, 4) is 17.0 Å². The van der Waals surface area contributed by atoms with Crippen LogP contribution in [0.1, 0.15) is 17.0 Å². The molecule has 3 aromatic carbocycles. The minimum absolute atomic E-state index is 0.476. The summed E-state index contributed by atoms with van der Waals surface area (Å²) in [4.78, 5) is 8.84. The van der Waals surface area contributed by atoms with Gasteiger partial charge in [-0.05, 0) is 53.6 Å². The summed E-state index contributed by atoms with van der Waals surface area (Å²) in [6, 6.07) is 28.1. The first-order valence-corrected chi connectivity index (χ1v) is 11.0. The Hall–Kier alpha value is -4.65. The van der Waals surface area contributed by atoms with Crippen LogP contribution in [0.5, 0.6) is 5.75 Å². The van der Waals surface area contributed by atoms with E-state index in [0.717, 1.165) is 44.9 Å². The maximum absolute atomic E-state index is 5.89. The number of hydrogen-bond donors (Lipinski definition) is 0. The molecule has 6 aromatic rings. The van der Waals surface area contributed by atoms with E-state index in [1.165, 1.54) is 0 Å². The van der Waals surface area contributed by atoms with Crippen LogP contribution >= 0.6 is 0 Å². The summed E-state index contributed by atoms with van der Waals surface area (Å²) >= 11 is 0. The lowest BCUT2D eigenvalue weighted by Gasteiger charge is -2.07. The highest BCUT2D eigenvalue weighted by Gasteiger charge is 2.11. The molecule has 0 atom stereocenters. The Labute approximate surface area is 195 Å². The van der Waals surface area contributed by atoms with E-state index in [9.17, 15) is 0 Å². The highest BCUT2D eigenvalue weighted by Crippen LogP contribution is 2.22. The SMILES string of the molecule is c1ccc(COc2ccc(-c3cnc4nnc(Cc5ccc6ncccc6c5)n4n3)cc2)cc1. The third kappa shape index (κ3) is 4.06. The fourth-order valence-corrected chi connectivity index (χ4v) is 3.86. The summed E-state index contributed by atoms with van der Waals surface area (Å²) in [6.07, 6.45) is 4.11. The molecule has 3 heterocycles. The second-order valence-corrected chi connectivity index (χ2v) is 7.98. The Morgan fingerprint density at radius 1 is 0.765 bits per heavy atom. The smallest absolute Gasteiger partial charge is 0.271 e. The minimum Gasteiger partial charge on any atom is -0.489 e. The van der Waals surface area contributed by atoms with E-state index >= 15 is 0 Å². The molecule has 0 aliphatic heterocycles. The third-order valence-corrected chi connectivity index (χ3v) is 5.63. The molecule has 0 fully saturated rings. The summed E-state index contributed by atoms with van der Waals surface area (Å²) in [5.41, 5.74) is 4.90. The number of hydrogen-bond acceptors (Lipinski definition) is 6. The number of aromatic nitrogens is 6. The van der Waals surface area contributed by atoms with Crippen molar-refractivity contribution in [3.05, 3.63) is 114 Å². The van der Waals surface area contributed by atoms with Crippen LogP contribution in [-0.4, -0.2) is 29.8 Å². The van der Waals surface area contributed by atoms with E-state index in [-0.39, 0.29) is 0 Å². The molecule has 0 saturated carbocycles. The summed E-state index contributed by atoms with van der Waals surface area (Å²) in [6.45, 7) is 0.529. The summed E-state index contributed by atoms with van der Waals surface area (Å²) in [7, 11) is 0. The number of fused-ring (bicyclic) bond motifs is 2. The van der Waals surface area contributed by atoms with Crippen molar-refractivity contribution in [2.24, 2.45) is 0 Å². The van der Waals surface area contributed by atoms with E-state index in [2.05, 4.69) is 38.4 Å². The van der Waals surface area contributed by atoms with Gasteiger partial charge >= 0.3 is 0 Å². The highest BCUT2D eigenvalue weighted by molar-refractivity contribution is 5.79. The first-order chi connectivity index (χ1) is 16.8. The van der Waals surface area contributed by atoms with Gasteiger partial charge in [0, 0.05) is 23.6 Å². The van der Waals surface area contributed by atoms with Crippen LogP contribution in [0, 0.1) is 0 Å². The predicted octanol–water partition coefficient (Wildman–Crippen LogP) is 4.90. The minimum atomic E-state index is 0.476. The molecule has 0 unspecified atom stereocenters. The van der Waals surface area contributed by atoms with Crippen molar-refractivity contribution < 1.29 is 4.74 Å². The maximum Gasteiger partial charge on any atom is 0.271 e. The zero-order valence-corrected chi connectivity index (χ0v) is 18.2. The van der Waals surface area contributed by atoms with E-state index in [1.807, 2.05) is 66.7 Å². The summed E-state index contributed by atoms with van der Waals surface area (Å²) < 4.78 is 7.60. The predicted molar refractivity (Wildman–Crippen MR) is 129 cm³/mol. The van der Waals surface area contributed by atoms with Gasteiger partial charge in [0.1, 0.15) is 18.1 Å². The van der Waals surface area contributed by atoms with Gasteiger partial charge in [0.25, 0.3) is 5.78 Å². The van der Waals surface area contributed by atoms with Crippen LogP contribution in [0.25, 0.3) is 27.9 Å².